The van der Waals surface area contributed by atoms with Crippen molar-refractivity contribution in [1.29, 1.82) is 0 Å². The van der Waals surface area contributed by atoms with Crippen molar-refractivity contribution in [3.05, 3.63) is 35.4 Å². The van der Waals surface area contributed by atoms with E-state index >= 15 is 0 Å². The van der Waals surface area contributed by atoms with Crippen LogP contribution in [0.3, 0.4) is 0 Å². The third-order valence-electron chi connectivity index (χ3n) is 4.51. The second-order valence-electron chi connectivity index (χ2n) is 5.71. The van der Waals surface area contributed by atoms with Gasteiger partial charge in [0.25, 0.3) is 0 Å². The van der Waals surface area contributed by atoms with Gasteiger partial charge in [0.15, 0.2) is 0 Å². The minimum atomic E-state index is -0.159. The smallest absolute Gasteiger partial charge is 0.0612 e. The molecule has 1 aliphatic heterocycles. The molecule has 1 aromatic rings. The molecule has 1 saturated heterocycles. The summed E-state index contributed by atoms with van der Waals surface area (Å²) < 4.78 is 5.52. The van der Waals surface area contributed by atoms with Crippen molar-refractivity contribution in [2.75, 3.05) is 13.2 Å². The lowest BCUT2D eigenvalue weighted by Gasteiger charge is -2.33. The van der Waals surface area contributed by atoms with Gasteiger partial charge in [-0.2, -0.15) is 0 Å². The molecule has 3 atom stereocenters. The van der Waals surface area contributed by atoms with E-state index in [1.54, 1.807) is 0 Å². The third-order valence-corrected chi connectivity index (χ3v) is 4.51. The van der Waals surface area contributed by atoms with E-state index in [0.29, 0.717) is 11.8 Å². The molecule has 0 radical (unpaired) electrons. The fraction of sp³-hybridized carbons (Fsp3) is 0.625. The summed E-state index contributed by atoms with van der Waals surface area (Å²) in [5.41, 5.74) is 3.03. The Kier molecular flexibility index (Phi) is 3.67. The Hall–Kier alpha value is -0.860. The van der Waals surface area contributed by atoms with Crippen LogP contribution in [0.2, 0.25) is 0 Å². The van der Waals surface area contributed by atoms with Crippen LogP contribution in [0.1, 0.15) is 42.7 Å². The molecule has 98 valence electrons. The van der Waals surface area contributed by atoms with Gasteiger partial charge in [-0.15, -0.1) is 0 Å². The zero-order valence-corrected chi connectivity index (χ0v) is 10.8. The van der Waals surface area contributed by atoms with Crippen molar-refractivity contribution in [3.8, 4) is 0 Å². The van der Waals surface area contributed by atoms with Crippen molar-refractivity contribution in [3.63, 3.8) is 0 Å². The first kappa shape index (κ1) is 12.2. The highest BCUT2D eigenvalue weighted by Crippen LogP contribution is 2.37. The average Bonchev–Trinajstić information content (AvgIpc) is 2.42. The molecule has 1 fully saturated rings. The summed E-state index contributed by atoms with van der Waals surface area (Å²) >= 11 is 0. The molecule has 0 aromatic heterocycles. The molecule has 1 aliphatic carbocycles. The van der Waals surface area contributed by atoms with Gasteiger partial charge in [-0.1, -0.05) is 24.3 Å². The molecule has 0 saturated carbocycles. The maximum atomic E-state index is 10.1. The molecule has 0 spiro atoms. The van der Waals surface area contributed by atoms with Crippen LogP contribution in [-0.2, 0) is 11.2 Å². The van der Waals surface area contributed by atoms with Gasteiger partial charge in [-0.05, 0) is 49.1 Å². The first-order valence-electron chi connectivity index (χ1n) is 7.18. The SMILES string of the molecule is OC1CCOCC1CC1CCCc2ccccc21. The van der Waals surface area contributed by atoms with Gasteiger partial charge in [0.2, 0.25) is 0 Å². The van der Waals surface area contributed by atoms with Gasteiger partial charge in [0, 0.05) is 12.5 Å². The van der Waals surface area contributed by atoms with Gasteiger partial charge < -0.3 is 9.84 Å². The Morgan fingerprint density at radius 3 is 3.00 bits per heavy atom. The molecular weight excluding hydrogens is 224 g/mol. The van der Waals surface area contributed by atoms with Crippen LogP contribution in [-0.4, -0.2) is 24.4 Å². The summed E-state index contributed by atoms with van der Waals surface area (Å²) in [7, 11) is 0. The highest BCUT2D eigenvalue weighted by Gasteiger charge is 2.29. The number of rotatable bonds is 2. The summed E-state index contributed by atoms with van der Waals surface area (Å²) in [6, 6.07) is 8.81. The van der Waals surface area contributed by atoms with Gasteiger partial charge in [0.05, 0.1) is 12.7 Å². The number of aliphatic hydroxyl groups excluding tert-OH is 1. The molecule has 1 N–H and O–H groups in total. The van der Waals surface area contributed by atoms with E-state index in [9.17, 15) is 5.11 Å². The number of ether oxygens (including phenoxy) is 1. The summed E-state index contributed by atoms with van der Waals surface area (Å²) in [4.78, 5) is 0. The standard InChI is InChI=1S/C16H22O2/c17-16-8-9-18-11-14(16)10-13-6-3-5-12-4-1-2-7-15(12)13/h1-2,4,7,13-14,16-17H,3,5-6,8-11H2. The average molecular weight is 246 g/mol. The van der Waals surface area contributed by atoms with E-state index in [1.165, 1.54) is 30.4 Å². The molecule has 18 heavy (non-hydrogen) atoms. The molecule has 3 unspecified atom stereocenters. The van der Waals surface area contributed by atoms with Crippen molar-refractivity contribution in [1.82, 2.24) is 0 Å². The van der Waals surface area contributed by atoms with E-state index in [0.717, 1.165) is 26.1 Å². The zero-order chi connectivity index (χ0) is 12.4. The summed E-state index contributed by atoms with van der Waals surface area (Å²) in [6.45, 7) is 1.46. The number of benzene rings is 1. The molecular formula is C16H22O2. The monoisotopic (exact) mass is 246 g/mol. The Bertz CT molecular complexity index is 402. The van der Waals surface area contributed by atoms with Crippen molar-refractivity contribution in [2.45, 2.75) is 44.1 Å². The number of fused-ring (bicyclic) bond motifs is 1. The van der Waals surface area contributed by atoms with Crippen LogP contribution in [0.25, 0.3) is 0 Å². The number of aryl methyl sites for hydroxylation is 1. The first-order chi connectivity index (χ1) is 8.84. The van der Waals surface area contributed by atoms with Gasteiger partial charge in [-0.25, -0.2) is 0 Å². The Morgan fingerprint density at radius 2 is 2.11 bits per heavy atom. The van der Waals surface area contributed by atoms with Gasteiger partial charge in [0.1, 0.15) is 0 Å². The Balaban J connectivity index is 1.73. The molecule has 1 heterocycles. The van der Waals surface area contributed by atoms with E-state index in [-0.39, 0.29) is 6.10 Å². The highest BCUT2D eigenvalue weighted by molar-refractivity contribution is 5.32. The molecule has 2 nitrogen and oxygen atoms in total. The highest BCUT2D eigenvalue weighted by atomic mass is 16.5. The second-order valence-corrected chi connectivity index (χ2v) is 5.71. The fourth-order valence-corrected chi connectivity index (χ4v) is 3.48. The molecule has 2 heteroatoms. The van der Waals surface area contributed by atoms with Crippen LogP contribution >= 0.6 is 0 Å². The largest absolute Gasteiger partial charge is 0.393 e. The maximum Gasteiger partial charge on any atom is 0.0612 e. The Labute approximate surface area is 109 Å². The van der Waals surface area contributed by atoms with Gasteiger partial charge in [-0.3, -0.25) is 0 Å². The maximum absolute atomic E-state index is 10.1. The van der Waals surface area contributed by atoms with E-state index in [2.05, 4.69) is 24.3 Å². The number of hydrogen-bond donors (Lipinski definition) is 1. The van der Waals surface area contributed by atoms with Crippen molar-refractivity contribution in [2.24, 2.45) is 5.92 Å². The number of aliphatic hydroxyl groups is 1. The third kappa shape index (κ3) is 2.45. The normalized spacial score (nSPS) is 31.9. The lowest BCUT2D eigenvalue weighted by Crippen LogP contribution is -2.33. The molecule has 0 bridgehead atoms. The predicted molar refractivity (Wildman–Crippen MR) is 71.7 cm³/mol. The van der Waals surface area contributed by atoms with Crippen LogP contribution in [0, 0.1) is 5.92 Å². The zero-order valence-electron chi connectivity index (χ0n) is 10.8. The van der Waals surface area contributed by atoms with Crippen molar-refractivity contribution < 1.29 is 9.84 Å². The van der Waals surface area contributed by atoms with Crippen LogP contribution < -0.4 is 0 Å². The van der Waals surface area contributed by atoms with Crippen molar-refractivity contribution >= 4 is 0 Å². The fourth-order valence-electron chi connectivity index (χ4n) is 3.48. The molecule has 1 aromatic carbocycles. The minimum absolute atomic E-state index is 0.159. The minimum Gasteiger partial charge on any atom is -0.393 e. The van der Waals surface area contributed by atoms with Gasteiger partial charge >= 0.3 is 0 Å². The molecule has 0 amide bonds. The van der Waals surface area contributed by atoms with Crippen LogP contribution in [0.5, 0.6) is 0 Å². The lowest BCUT2D eigenvalue weighted by molar-refractivity contribution is -0.0410. The molecule has 2 aliphatic rings. The van der Waals surface area contributed by atoms with Crippen LogP contribution in [0.15, 0.2) is 24.3 Å². The summed E-state index contributed by atoms with van der Waals surface area (Å²) in [6.07, 6.45) is 5.49. The summed E-state index contributed by atoms with van der Waals surface area (Å²) in [5.74, 6) is 0.950. The topological polar surface area (TPSA) is 29.5 Å². The number of hydrogen-bond acceptors (Lipinski definition) is 2. The van der Waals surface area contributed by atoms with Crippen LogP contribution in [0.4, 0.5) is 0 Å². The van der Waals surface area contributed by atoms with E-state index in [1.807, 2.05) is 0 Å². The lowest BCUT2D eigenvalue weighted by atomic mass is 9.77. The molecule has 3 rings (SSSR count). The quantitative estimate of drug-likeness (QED) is 0.869. The first-order valence-corrected chi connectivity index (χ1v) is 7.18. The van der Waals surface area contributed by atoms with E-state index < -0.39 is 0 Å². The second kappa shape index (κ2) is 5.41. The van der Waals surface area contributed by atoms with E-state index in [4.69, 9.17) is 4.74 Å². The predicted octanol–water partition coefficient (Wildman–Crippen LogP) is 2.89. The Morgan fingerprint density at radius 1 is 1.22 bits per heavy atom. The summed E-state index contributed by atoms with van der Waals surface area (Å²) in [5, 5.41) is 10.1.